The lowest BCUT2D eigenvalue weighted by Gasteiger charge is -2.06. The fraction of sp³-hybridized carbons (Fsp3) is 0.0526. The number of rotatable bonds is 5. The first-order valence-electron chi connectivity index (χ1n) is 7.92. The van der Waals surface area contributed by atoms with Gasteiger partial charge >= 0.3 is 0 Å². The van der Waals surface area contributed by atoms with Crippen molar-refractivity contribution in [1.29, 1.82) is 0 Å². The van der Waals surface area contributed by atoms with Gasteiger partial charge in [-0.2, -0.15) is 5.10 Å². The molecule has 0 bridgehead atoms. The summed E-state index contributed by atoms with van der Waals surface area (Å²) in [6.07, 6.45) is 7.08. The molecule has 138 valence electrons. The molecular weight excluding hydrogens is 369 g/mol. The Morgan fingerprint density at radius 3 is 2.63 bits per heavy atom. The van der Waals surface area contributed by atoms with Gasteiger partial charge in [0.15, 0.2) is 9.84 Å². The van der Waals surface area contributed by atoms with Crippen molar-refractivity contribution in [1.82, 2.24) is 9.78 Å². The molecule has 0 unspecified atom stereocenters. The van der Waals surface area contributed by atoms with Crippen molar-refractivity contribution in [3.05, 3.63) is 78.4 Å². The van der Waals surface area contributed by atoms with Crippen LogP contribution in [0.4, 0.5) is 10.1 Å². The number of amides is 1. The first-order chi connectivity index (χ1) is 12.8. The Balaban J connectivity index is 1.72. The number of para-hydroxylation sites is 1. The first-order valence-corrected chi connectivity index (χ1v) is 9.81. The number of halogens is 1. The summed E-state index contributed by atoms with van der Waals surface area (Å²) in [5.41, 5.74) is 1.35. The summed E-state index contributed by atoms with van der Waals surface area (Å²) in [7, 11) is -3.50. The van der Waals surface area contributed by atoms with Gasteiger partial charge in [-0.3, -0.25) is 4.79 Å². The summed E-state index contributed by atoms with van der Waals surface area (Å²) in [6.45, 7) is 0. The number of anilines is 1. The monoisotopic (exact) mass is 385 g/mol. The molecule has 0 aliphatic heterocycles. The lowest BCUT2D eigenvalue weighted by atomic mass is 10.3. The van der Waals surface area contributed by atoms with E-state index < -0.39 is 21.6 Å². The first kappa shape index (κ1) is 18.5. The Bertz CT molecular complexity index is 1110. The molecule has 1 aromatic heterocycles. The van der Waals surface area contributed by atoms with Gasteiger partial charge in [0.2, 0.25) is 5.91 Å². The molecule has 0 saturated carbocycles. The third kappa shape index (κ3) is 4.68. The molecule has 3 aromatic rings. The van der Waals surface area contributed by atoms with Crippen LogP contribution >= 0.6 is 0 Å². The fourth-order valence-corrected chi connectivity index (χ4v) is 2.97. The Labute approximate surface area is 155 Å². The van der Waals surface area contributed by atoms with Crippen LogP contribution in [0.3, 0.4) is 0 Å². The summed E-state index contributed by atoms with van der Waals surface area (Å²) in [5, 5.41) is 6.55. The molecule has 0 saturated heterocycles. The average molecular weight is 385 g/mol. The fourth-order valence-electron chi connectivity index (χ4n) is 2.32. The summed E-state index contributed by atoms with van der Waals surface area (Å²) in [6, 6.07) is 12.7. The second-order valence-electron chi connectivity index (χ2n) is 5.79. The molecule has 0 radical (unpaired) electrons. The zero-order valence-electron chi connectivity index (χ0n) is 14.3. The zero-order valence-corrected chi connectivity index (χ0v) is 15.2. The molecule has 1 heterocycles. The Morgan fingerprint density at radius 1 is 1.19 bits per heavy atom. The van der Waals surface area contributed by atoms with Gasteiger partial charge in [-0.05, 0) is 36.4 Å². The minimum Gasteiger partial charge on any atom is -0.320 e. The maximum absolute atomic E-state index is 13.8. The number of nitrogens with zero attached hydrogens (tertiary/aromatic N) is 2. The number of nitrogens with one attached hydrogen (secondary N) is 1. The van der Waals surface area contributed by atoms with Crippen molar-refractivity contribution in [2.45, 2.75) is 4.90 Å². The van der Waals surface area contributed by atoms with E-state index in [4.69, 9.17) is 0 Å². The molecule has 0 atom stereocenters. The number of sulfone groups is 1. The van der Waals surface area contributed by atoms with Crippen LogP contribution in [-0.4, -0.2) is 30.4 Å². The van der Waals surface area contributed by atoms with E-state index in [1.807, 2.05) is 30.3 Å². The lowest BCUT2D eigenvalue weighted by Crippen LogP contribution is -2.10. The van der Waals surface area contributed by atoms with Gasteiger partial charge in [-0.15, -0.1) is 0 Å². The van der Waals surface area contributed by atoms with Crippen LogP contribution in [-0.2, 0) is 14.6 Å². The van der Waals surface area contributed by atoms with Crippen molar-refractivity contribution < 1.29 is 17.6 Å². The summed E-state index contributed by atoms with van der Waals surface area (Å²) >= 11 is 0. The zero-order chi connectivity index (χ0) is 19.4. The van der Waals surface area contributed by atoms with Crippen molar-refractivity contribution >= 4 is 27.5 Å². The van der Waals surface area contributed by atoms with Crippen LogP contribution in [0.25, 0.3) is 11.8 Å². The molecule has 0 spiro atoms. The predicted molar refractivity (Wildman–Crippen MR) is 101 cm³/mol. The molecule has 6 nitrogen and oxygen atoms in total. The normalized spacial score (nSPS) is 11.6. The van der Waals surface area contributed by atoms with Crippen LogP contribution in [0.5, 0.6) is 0 Å². The largest absolute Gasteiger partial charge is 0.320 e. The van der Waals surface area contributed by atoms with Crippen LogP contribution in [0.1, 0.15) is 5.56 Å². The summed E-state index contributed by atoms with van der Waals surface area (Å²) in [4.78, 5) is 12.0. The average Bonchev–Trinajstić information content (AvgIpc) is 3.11. The van der Waals surface area contributed by atoms with Crippen molar-refractivity contribution in [2.24, 2.45) is 0 Å². The molecule has 0 aliphatic rings. The highest BCUT2D eigenvalue weighted by atomic mass is 32.2. The topological polar surface area (TPSA) is 81.1 Å². The number of benzene rings is 2. The van der Waals surface area contributed by atoms with Gasteiger partial charge in [0.05, 0.1) is 22.5 Å². The maximum Gasteiger partial charge on any atom is 0.248 e. The third-order valence-electron chi connectivity index (χ3n) is 3.67. The maximum atomic E-state index is 13.8. The molecule has 27 heavy (non-hydrogen) atoms. The van der Waals surface area contributed by atoms with E-state index in [0.29, 0.717) is 5.56 Å². The molecule has 0 fully saturated rings. The van der Waals surface area contributed by atoms with Gasteiger partial charge in [-0.1, -0.05) is 18.2 Å². The van der Waals surface area contributed by atoms with Crippen molar-refractivity contribution in [2.75, 3.05) is 11.6 Å². The van der Waals surface area contributed by atoms with Crippen molar-refractivity contribution in [3.63, 3.8) is 0 Å². The van der Waals surface area contributed by atoms with Crippen LogP contribution in [0, 0.1) is 5.82 Å². The lowest BCUT2D eigenvalue weighted by molar-refractivity contribution is -0.111. The second kappa shape index (κ2) is 7.55. The van der Waals surface area contributed by atoms with Gasteiger partial charge in [0, 0.05) is 24.1 Å². The van der Waals surface area contributed by atoms with E-state index in [-0.39, 0.29) is 10.6 Å². The highest BCUT2D eigenvalue weighted by Gasteiger charge is 2.12. The Morgan fingerprint density at radius 2 is 1.93 bits per heavy atom. The summed E-state index contributed by atoms with van der Waals surface area (Å²) < 4.78 is 38.6. The van der Waals surface area contributed by atoms with Crippen LogP contribution < -0.4 is 5.32 Å². The SMILES string of the molecule is CS(=O)(=O)c1ccc(F)c(NC(=O)/C=C/c2cnn(-c3ccccc3)c2)c1. The van der Waals surface area contributed by atoms with E-state index >= 15 is 0 Å². The van der Waals surface area contributed by atoms with E-state index in [1.165, 1.54) is 12.2 Å². The number of aromatic nitrogens is 2. The second-order valence-corrected chi connectivity index (χ2v) is 7.81. The minimum absolute atomic E-state index is 0.0766. The predicted octanol–water partition coefficient (Wildman–Crippen LogP) is 3.07. The van der Waals surface area contributed by atoms with Crippen LogP contribution in [0.15, 0.2) is 71.9 Å². The van der Waals surface area contributed by atoms with Crippen molar-refractivity contribution in [3.8, 4) is 5.69 Å². The van der Waals surface area contributed by atoms with Gasteiger partial charge in [-0.25, -0.2) is 17.5 Å². The number of hydrogen-bond acceptors (Lipinski definition) is 4. The Kier molecular flexibility index (Phi) is 5.18. The molecule has 8 heteroatoms. The molecule has 1 N–H and O–H groups in total. The van der Waals surface area contributed by atoms with E-state index in [0.717, 1.165) is 30.1 Å². The van der Waals surface area contributed by atoms with E-state index in [1.54, 1.807) is 17.1 Å². The van der Waals surface area contributed by atoms with E-state index in [9.17, 15) is 17.6 Å². The smallest absolute Gasteiger partial charge is 0.248 e. The van der Waals surface area contributed by atoms with E-state index in [2.05, 4.69) is 10.4 Å². The molecule has 1 amide bonds. The van der Waals surface area contributed by atoms with Gasteiger partial charge in [0.25, 0.3) is 0 Å². The molecule has 2 aromatic carbocycles. The molecular formula is C19H16FN3O3S. The Hall–Kier alpha value is -3.26. The van der Waals surface area contributed by atoms with Gasteiger partial charge < -0.3 is 5.32 Å². The standard InChI is InChI=1S/C19H16FN3O3S/c1-27(25,26)16-8-9-17(20)18(11-16)22-19(24)10-7-14-12-21-23(13-14)15-5-3-2-4-6-15/h2-13H,1H3,(H,22,24)/b10-7+. The number of carbonyl (C=O) groups excluding carboxylic acids is 1. The molecule has 0 aliphatic carbocycles. The minimum atomic E-state index is -3.50. The number of hydrogen-bond donors (Lipinski definition) is 1. The summed E-state index contributed by atoms with van der Waals surface area (Å²) in [5.74, 6) is -1.31. The third-order valence-corrected chi connectivity index (χ3v) is 4.78. The highest BCUT2D eigenvalue weighted by molar-refractivity contribution is 7.90. The quantitative estimate of drug-likeness (QED) is 0.541. The highest BCUT2D eigenvalue weighted by Crippen LogP contribution is 2.19. The molecule has 3 rings (SSSR count). The van der Waals surface area contributed by atoms with Gasteiger partial charge in [0.1, 0.15) is 5.82 Å². The van der Waals surface area contributed by atoms with Crippen LogP contribution in [0.2, 0.25) is 0 Å². The number of carbonyl (C=O) groups is 1.